The van der Waals surface area contributed by atoms with Crippen LogP contribution in [0.15, 0.2) is 23.7 Å². The minimum atomic E-state index is -2.61. The number of aromatic nitrogens is 1. The lowest BCUT2D eigenvalue weighted by Crippen LogP contribution is -2.45. The fraction of sp³-hybridized carbons (Fsp3) is 0.529. The van der Waals surface area contributed by atoms with Crippen molar-refractivity contribution in [1.29, 1.82) is 0 Å². The predicted molar refractivity (Wildman–Crippen MR) is 90.7 cm³/mol. The standard InChI is InChI=1S/C17H19F2N3OS/c18-17(19)4-8-21(9-5-17)16(23)12-2-7-22(11-12)15-13-3-10-24-14(13)1-6-20-15/h1,3,6,10,12H,2,4-5,7-9,11H2. The minimum absolute atomic E-state index is 0.0190. The molecule has 128 valence electrons. The number of nitrogens with zero attached hydrogens (tertiary/aromatic N) is 3. The van der Waals surface area contributed by atoms with E-state index in [1.807, 2.05) is 11.4 Å². The van der Waals surface area contributed by atoms with E-state index < -0.39 is 5.92 Å². The molecule has 2 aliphatic heterocycles. The molecule has 0 radical (unpaired) electrons. The van der Waals surface area contributed by atoms with E-state index in [4.69, 9.17) is 0 Å². The average molecular weight is 351 g/mol. The van der Waals surface area contributed by atoms with Crippen LogP contribution in [0, 0.1) is 5.92 Å². The van der Waals surface area contributed by atoms with Gasteiger partial charge in [0.1, 0.15) is 5.82 Å². The maximum absolute atomic E-state index is 13.3. The molecule has 1 amide bonds. The second-order valence-electron chi connectivity index (χ2n) is 6.58. The lowest BCUT2D eigenvalue weighted by atomic mass is 10.0. The zero-order valence-electron chi connectivity index (χ0n) is 13.3. The second-order valence-corrected chi connectivity index (χ2v) is 7.53. The Hall–Kier alpha value is -1.76. The number of thiophene rings is 1. The van der Waals surface area contributed by atoms with E-state index in [1.54, 1.807) is 22.4 Å². The number of hydrogen-bond donors (Lipinski definition) is 0. The van der Waals surface area contributed by atoms with E-state index in [0.717, 1.165) is 24.2 Å². The Morgan fingerprint density at radius 1 is 1.25 bits per heavy atom. The molecule has 0 N–H and O–H groups in total. The molecule has 2 aliphatic rings. The summed E-state index contributed by atoms with van der Waals surface area (Å²) in [6.45, 7) is 1.73. The van der Waals surface area contributed by atoms with Gasteiger partial charge in [0.2, 0.25) is 5.91 Å². The number of halogens is 2. The summed E-state index contributed by atoms with van der Waals surface area (Å²) in [5.41, 5.74) is 0. The molecular formula is C17H19F2N3OS. The Morgan fingerprint density at radius 2 is 2.04 bits per heavy atom. The molecule has 4 heterocycles. The van der Waals surface area contributed by atoms with Crippen LogP contribution >= 0.6 is 11.3 Å². The highest BCUT2D eigenvalue weighted by molar-refractivity contribution is 7.17. The molecule has 2 fully saturated rings. The summed E-state index contributed by atoms with van der Waals surface area (Å²) in [6.07, 6.45) is 2.12. The van der Waals surface area contributed by atoms with E-state index in [0.29, 0.717) is 6.54 Å². The summed E-state index contributed by atoms with van der Waals surface area (Å²) >= 11 is 1.68. The number of hydrogen-bond acceptors (Lipinski definition) is 4. The van der Waals surface area contributed by atoms with Crippen LogP contribution in [0.1, 0.15) is 19.3 Å². The van der Waals surface area contributed by atoms with Crippen LogP contribution in [0.2, 0.25) is 0 Å². The number of likely N-dealkylation sites (tertiary alicyclic amines) is 1. The molecule has 4 rings (SSSR count). The van der Waals surface area contributed by atoms with Gasteiger partial charge in [-0.2, -0.15) is 0 Å². The van der Waals surface area contributed by atoms with Crippen molar-refractivity contribution in [1.82, 2.24) is 9.88 Å². The Labute approximate surface area is 143 Å². The maximum Gasteiger partial charge on any atom is 0.251 e. The third-order valence-corrected chi connectivity index (χ3v) is 5.88. The van der Waals surface area contributed by atoms with Crippen LogP contribution in [0.25, 0.3) is 10.1 Å². The molecule has 0 aromatic carbocycles. The molecule has 2 aromatic rings. The van der Waals surface area contributed by atoms with Crippen LogP contribution in [0.3, 0.4) is 0 Å². The van der Waals surface area contributed by atoms with Crippen LogP contribution in [0.4, 0.5) is 14.6 Å². The second kappa shape index (κ2) is 5.95. The summed E-state index contributed by atoms with van der Waals surface area (Å²) in [4.78, 5) is 20.9. The van der Waals surface area contributed by atoms with E-state index >= 15 is 0 Å². The average Bonchev–Trinajstić information content (AvgIpc) is 3.23. The summed E-state index contributed by atoms with van der Waals surface area (Å²) in [7, 11) is 0. The topological polar surface area (TPSA) is 36.4 Å². The van der Waals surface area contributed by atoms with Gasteiger partial charge in [0.15, 0.2) is 0 Å². The first kappa shape index (κ1) is 15.7. The molecule has 2 aromatic heterocycles. The Bertz CT molecular complexity index is 753. The number of pyridine rings is 1. The van der Waals surface area contributed by atoms with Crippen molar-refractivity contribution in [3.8, 4) is 0 Å². The van der Waals surface area contributed by atoms with Crippen molar-refractivity contribution >= 4 is 33.1 Å². The first-order valence-electron chi connectivity index (χ1n) is 8.27. The zero-order valence-corrected chi connectivity index (χ0v) is 14.1. The van der Waals surface area contributed by atoms with Gasteiger partial charge >= 0.3 is 0 Å². The summed E-state index contributed by atoms with van der Waals surface area (Å²) in [6, 6.07) is 4.06. The fourth-order valence-electron chi connectivity index (χ4n) is 3.60. The lowest BCUT2D eigenvalue weighted by molar-refractivity contribution is -0.140. The van der Waals surface area contributed by atoms with Gasteiger partial charge in [-0.1, -0.05) is 0 Å². The number of fused-ring (bicyclic) bond motifs is 1. The Morgan fingerprint density at radius 3 is 2.83 bits per heavy atom. The predicted octanol–water partition coefficient (Wildman–Crippen LogP) is 3.38. The Balaban J connectivity index is 1.45. The third-order valence-electron chi connectivity index (χ3n) is 5.00. The number of carbonyl (C=O) groups excluding carboxylic acids is 1. The smallest absolute Gasteiger partial charge is 0.251 e. The quantitative estimate of drug-likeness (QED) is 0.832. The van der Waals surface area contributed by atoms with E-state index in [2.05, 4.69) is 16.0 Å². The molecule has 1 atom stereocenters. The number of alkyl halides is 2. The molecule has 0 spiro atoms. The molecule has 0 aliphatic carbocycles. The van der Waals surface area contributed by atoms with Crippen molar-refractivity contribution < 1.29 is 13.6 Å². The van der Waals surface area contributed by atoms with Gasteiger partial charge in [-0.05, 0) is 23.9 Å². The van der Waals surface area contributed by atoms with Crippen LogP contribution in [-0.2, 0) is 4.79 Å². The first-order chi connectivity index (χ1) is 11.5. The molecule has 4 nitrogen and oxygen atoms in total. The lowest BCUT2D eigenvalue weighted by Gasteiger charge is -2.33. The normalized spacial score (nSPS) is 23.8. The number of rotatable bonds is 2. The van der Waals surface area contributed by atoms with Gasteiger partial charge in [-0.15, -0.1) is 11.3 Å². The molecule has 0 saturated carbocycles. The Kier molecular flexibility index (Phi) is 3.90. The van der Waals surface area contributed by atoms with Crippen molar-refractivity contribution in [2.24, 2.45) is 5.92 Å². The summed E-state index contributed by atoms with van der Waals surface area (Å²) in [5, 5.41) is 3.16. The molecular weight excluding hydrogens is 332 g/mol. The number of carbonyl (C=O) groups is 1. The van der Waals surface area contributed by atoms with Gasteiger partial charge in [-0.3, -0.25) is 4.79 Å². The van der Waals surface area contributed by atoms with Crippen LogP contribution in [-0.4, -0.2) is 47.9 Å². The van der Waals surface area contributed by atoms with Crippen molar-refractivity contribution in [2.75, 3.05) is 31.1 Å². The highest BCUT2D eigenvalue weighted by Crippen LogP contribution is 2.33. The number of anilines is 1. The summed E-state index contributed by atoms with van der Waals surface area (Å²) < 4.78 is 27.7. The summed E-state index contributed by atoms with van der Waals surface area (Å²) in [5.74, 6) is -1.79. The van der Waals surface area contributed by atoms with E-state index in [1.165, 1.54) is 4.70 Å². The molecule has 24 heavy (non-hydrogen) atoms. The maximum atomic E-state index is 13.3. The van der Waals surface area contributed by atoms with Crippen LogP contribution in [0.5, 0.6) is 0 Å². The SMILES string of the molecule is O=C(C1CCN(c2nccc3sccc23)C1)N1CCC(F)(F)CC1. The van der Waals surface area contributed by atoms with Crippen LogP contribution < -0.4 is 4.90 Å². The highest BCUT2D eigenvalue weighted by Gasteiger charge is 2.39. The molecule has 1 unspecified atom stereocenters. The van der Waals surface area contributed by atoms with Gasteiger partial charge < -0.3 is 9.80 Å². The molecule has 2 saturated heterocycles. The van der Waals surface area contributed by atoms with Crippen molar-refractivity contribution in [3.05, 3.63) is 23.7 Å². The molecule has 7 heteroatoms. The number of amides is 1. The highest BCUT2D eigenvalue weighted by atomic mass is 32.1. The van der Waals surface area contributed by atoms with Gasteiger partial charge in [0, 0.05) is 55.3 Å². The van der Waals surface area contributed by atoms with Crippen molar-refractivity contribution in [2.45, 2.75) is 25.2 Å². The third kappa shape index (κ3) is 2.85. The van der Waals surface area contributed by atoms with Gasteiger partial charge in [0.25, 0.3) is 5.92 Å². The largest absolute Gasteiger partial charge is 0.355 e. The number of piperidine rings is 1. The molecule has 0 bridgehead atoms. The fourth-order valence-corrected chi connectivity index (χ4v) is 4.37. The van der Waals surface area contributed by atoms with Gasteiger partial charge in [0.05, 0.1) is 5.92 Å². The monoisotopic (exact) mass is 351 g/mol. The van der Waals surface area contributed by atoms with E-state index in [9.17, 15) is 13.6 Å². The minimum Gasteiger partial charge on any atom is -0.355 e. The van der Waals surface area contributed by atoms with E-state index in [-0.39, 0.29) is 37.8 Å². The van der Waals surface area contributed by atoms with Gasteiger partial charge in [-0.25, -0.2) is 13.8 Å². The zero-order chi connectivity index (χ0) is 16.7. The van der Waals surface area contributed by atoms with Crippen molar-refractivity contribution in [3.63, 3.8) is 0 Å². The first-order valence-corrected chi connectivity index (χ1v) is 9.15.